The zero-order chi connectivity index (χ0) is 16.2. The van der Waals surface area contributed by atoms with Gasteiger partial charge in [0, 0.05) is 35.6 Å². The number of para-hydroxylation sites is 1. The van der Waals surface area contributed by atoms with Gasteiger partial charge in [-0.05, 0) is 17.5 Å². The van der Waals surface area contributed by atoms with Crippen LogP contribution in [0.25, 0.3) is 10.9 Å². The van der Waals surface area contributed by atoms with Crippen LogP contribution < -0.4 is 14.8 Å². The highest BCUT2D eigenvalue weighted by molar-refractivity contribution is 5.92. The first-order valence-electron chi connectivity index (χ1n) is 7.26. The number of ether oxygens (including phenoxy) is 2. The van der Waals surface area contributed by atoms with E-state index in [1.54, 1.807) is 32.4 Å². The number of hydrogen-bond acceptors (Lipinski definition) is 3. The van der Waals surface area contributed by atoms with Crippen LogP contribution in [0.1, 0.15) is 0 Å². The Morgan fingerprint density at radius 2 is 1.74 bits per heavy atom. The molecule has 0 atom stereocenters. The molecule has 118 valence electrons. The van der Waals surface area contributed by atoms with Crippen molar-refractivity contribution in [3.63, 3.8) is 0 Å². The summed E-state index contributed by atoms with van der Waals surface area (Å²) < 4.78 is 12.3. The largest absolute Gasteiger partial charge is 0.497 e. The van der Waals surface area contributed by atoms with Crippen LogP contribution in [-0.4, -0.2) is 24.7 Å². The standard InChI is InChI=1S/C18H18N2O3/c1-22-15-9-14(10-16(11-15)23-2)19-18(21)12-20-8-7-13-5-3-4-6-17(13)20/h3-11H,12H2,1-2H3,(H,19,21). The quantitative estimate of drug-likeness (QED) is 0.786. The number of hydrogen-bond donors (Lipinski definition) is 1. The smallest absolute Gasteiger partial charge is 0.244 e. The topological polar surface area (TPSA) is 52.5 Å². The van der Waals surface area contributed by atoms with Crippen molar-refractivity contribution < 1.29 is 14.3 Å². The third kappa shape index (κ3) is 3.29. The van der Waals surface area contributed by atoms with Gasteiger partial charge in [-0.1, -0.05) is 18.2 Å². The SMILES string of the molecule is COc1cc(NC(=O)Cn2ccc3ccccc32)cc(OC)c1. The number of carbonyl (C=O) groups excluding carboxylic acids is 1. The van der Waals surface area contributed by atoms with Crippen molar-refractivity contribution in [3.05, 3.63) is 54.7 Å². The van der Waals surface area contributed by atoms with Crippen molar-refractivity contribution in [2.75, 3.05) is 19.5 Å². The van der Waals surface area contributed by atoms with E-state index >= 15 is 0 Å². The first kappa shape index (κ1) is 15.0. The number of nitrogens with one attached hydrogen (secondary N) is 1. The van der Waals surface area contributed by atoms with Crippen LogP contribution in [0, 0.1) is 0 Å². The lowest BCUT2D eigenvalue weighted by Gasteiger charge is -2.10. The van der Waals surface area contributed by atoms with Gasteiger partial charge in [0.1, 0.15) is 18.0 Å². The number of rotatable bonds is 5. The maximum Gasteiger partial charge on any atom is 0.244 e. The van der Waals surface area contributed by atoms with Crippen LogP contribution in [0.3, 0.4) is 0 Å². The molecule has 1 aromatic heterocycles. The number of fused-ring (bicyclic) bond motifs is 1. The molecule has 3 aromatic rings. The average molecular weight is 310 g/mol. The van der Waals surface area contributed by atoms with Crippen LogP contribution in [0.5, 0.6) is 11.5 Å². The van der Waals surface area contributed by atoms with Gasteiger partial charge in [-0.2, -0.15) is 0 Å². The van der Waals surface area contributed by atoms with Gasteiger partial charge in [0.15, 0.2) is 0 Å². The molecule has 0 aliphatic rings. The van der Waals surface area contributed by atoms with Crippen LogP contribution >= 0.6 is 0 Å². The van der Waals surface area contributed by atoms with E-state index in [9.17, 15) is 4.79 Å². The molecule has 0 saturated heterocycles. The molecule has 0 aliphatic carbocycles. The molecule has 0 fully saturated rings. The summed E-state index contributed by atoms with van der Waals surface area (Å²) in [6.45, 7) is 0.243. The summed E-state index contributed by atoms with van der Waals surface area (Å²) in [4.78, 5) is 12.3. The molecule has 5 nitrogen and oxygen atoms in total. The second-order valence-electron chi connectivity index (χ2n) is 5.15. The maximum absolute atomic E-state index is 12.3. The Labute approximate surface area is 134 Å². The van der Waals surface area contributed by atoms with Crippen LogP contribution in [0.15, 0.2) is 54.7 Å². The molecule has 0 radical (unpaired) electrons. The Balaban J connectivity index is 1.77. The lowest BCUT2D eigenvalue weighted by molar-refractivity contribution is -0.116. The molecule has 1 heterocycles. The van der Waals surface area contributed by atoms with E-state index in [4.69, 9.17) is 9.47 Å². The highest BCUT2D eigenvalue weighted by Crippen LogP contribution is 2.25. The summed E-state index contributed by atoms with van der Waals surface area (Å²) in [6, 6.07) is 15.2. The molecule has 0 aliphatic heterocycles. The number of aromatic nitrogens is 1. The minimum atomic E-state index is -0.110. The number of benzene rings is 2. The normalized spacial score (nSPS) is 10.5. The summed E-state index contributed by atoms with van der Waals surface area (Å²) in [5.74, 6) is 1.15. The van der Waals surface area contributed by atoms with Crippen molar-refractivity contribution >= 4 is 22.5 Å². The van der Waals surface area contributed by atoms with Crippen LogP contribution in [0.2, 0.25) is 0 Å². The molecule has 0 spiro atoms. The molecule has 0 unspecified atom stereocenters. The predicted molar refractivity (Wildman–Crippen MR) is 90.1 cm³/mol. The summed E-state index contributed by atoms with van der Waals surface area (Å²) in [6.07, 6.45) is 1.91. The Bertz CT molecular complexity index is 817. The van der Waals surface area contributed by atoms with Gasteiger partial charge in [0.05, 0.1) is 14.2 Å². The summed E-state index contributed by atoms with van der Waals surface area (Å²) >= 11 is 0. The third-order valence-electron chi connectivity index (χ3n) is 3.63. The molecule has 2 aromatic carbocycles. The minimum absolute atomic E-state index is 0.110. The van der Waals surface area contributed by atoms with Crippen LogP contribution in [-0.2, 0) is 11.3 Å². The van der Waals surface area contributed by atoms with Crippen molar-refractivity contribution in [1.29, 1.82) is 0 Å². The Morgan fingerprint density at radius 3 is 2.43 bits per heavy atom. The van der Waals surface area contributed by atoms with Crippen molar-refractivity contribution in [1.82, 2.24) is 4.57 Å². The molecule has 1 amide bonds. The van der Waals surface area contributed by atoms with Gasteiger partial charge in [-0.25, -0.2) is 0 Å². The van der Waals surface area contributed by atoms with E-state index in [1.165, 1.54) is 0 Å². The fourth-order valence-corrected chi connectivity index (χ4v) is 2.51. The summed E-state index contributed by atoms with van der Waals surface area (Å²) in [7, 11) is 3.15. The van der Waals surface area contributed by atoms with Gasteiger partial charge >= 0.3 is 0 Å². The molecule has 1 N–H and O–H groups in total. The maximum atomic E-state index is 12.3. The molecule has 0 bridgehead atoms. The second kappa shape index (κ2) is 6.44. The summed E-state index contributed by atoms with van der Waals surface area (Å²) in [5, 5.41) is 3.99. The van der Waals surface area contributed by atoms with Gasteiger partial charge < -0.3 is 19.4 Å². The Kier molecular flexibility index (Phi) is 4.19. The number of carbonyl (C=O) groups is 1. The van der Waals surface area contributed by atoms with Crippen molar-refractivity contribution in [2.24, 2.45) is 0 Å². The highest BCUT2D eigenvalue weighted by Gasteiger charge is 2.08. The van der Waals surface area contributed by atoms with E-state index in [2.05, 4.69) is 5.32 Å². The minimum Gasteiger partial charge on any atom is -0.497 e. The molecular weight excluding hydrogens is 292 g/mol. The van der Waals surface area contributed by atoms with Crippen LogP contribution in [0.4, 0.5) is 5.69 Å². The first-order valence-corrected chi connectivity index (χ1v) is 7.26. The monoisotopic (exact) mass is 310 g/mol. The molecular formula is C18H18N2O3. The predicted octanol–water partition coefficient (Wildman–Crippen LogP) is 3.30. The molecule has 3 rings (SSSR count). The van der Waals surface area contributed by atoms with Crippen molar-refractivity contribution in [3.8, 4) is 11.5 Å². The molecule has 23 heavy (non-hydrogen) atoms. The van der Waals surface area contributed by atoms with Gasteiger partial charge in [0.2, 0.25) is 5.91 Å². The number of amides is 1. The highest BCUT2D eigenvalue weighted by atomic mass is 16.5. The lowest BCUT2D eigenvalue weighted by atomic mass is 10.2. The van der Waals surface area contributed by atoms with E-state index < -0.39 is 0 Å². The van der Waals surface area contributed by atoms with Gasteiger partial charge in [-0.15, -0.1) is 0 Å². The number of methoxy groups -OCH3 is 2. The fourth-order valence-electron chi connectivity index (χ4n) is 2.51. The zero-order valence-electron chi connectivity index (χ0n) is 13.1. The van der Waals surface area contributed by atoms with E-state index in [0.29, 0.717) is 17.2 Å². The molecule has 5 heteroatoms. The summed E-state index contributed by atoms with van der Waals surface area (Å²) in [5.41, 5.74) is 1.67. The Hall–Kier alpha value is -2.95. The van der Waals surface area contributed by atoms with E-state index in [1.807, 2.05) is 41.1 Å². The fraction of sp³-hybridized carbons (Fsp3) is 0.167. The van der Waals surface area contributed by atoms with Crippen molar-refractivity contribution in [2.45, 2.75) is 6.54 Å². The average Bonchev–Trinajstić information content (AvgIpc) is 2.97. The number of nitrogens with zero attached hydrogens (tertiary/aromatic N) is 1. The second-order valence-corrected chi connectivity index (χ2v) is 5.15. The van der Waals surface area contributed by atoms with E-state index in [0.717, 1.165) is 10.9 Å². The van der Waals surface area contributed by atoms with Gasteiger partial charge in [-0.3, -0.25) is 4.79 Å². The Morgan fingerprint density at radius 1 is 1.04 bits per heavy atom. The first-order chi connectivity index (χ1) is 11.2. The lowest BCUT2D eigenvalue weighted by Crippen LogP contribution is -2.18. The zero-order valence-corrected chi connectivity index (χ0v) is 13.1. The number of anilines is 1. The van der Waals surface area contributed by atoms with E-state index in [-0.39, 0.29) is 12.5 Å². The van der Waals surface area contributed by atoms with Gasteiger partial charge in [0.25, 0.3) is 0 Å². The molecule has 0 saturated carbocycles. The third-order valence-corrected chi connectivity index (χ3v) is 3.63.